The predicted molar refractivity (Wildman–Crippen MR) is 94.1 cm³/mol. The minimum Gasteiger partial charge on any atom is -0.445 e. The quantitative estimate of drug-likeness (QED) is 0.457. The third kappa shape index (κ3) is 6.28. The van der Waals surface area contributed by atoms with Crippen molar-refractivity contribution in [3.63, 3.8) is 0 Å². The van der Waals surface area contributed by atoms with Crippen LogP contribution in [0.1, 0.15) is 6.42 Å². The molecule has 1 saturated heterocycles. The summed E-state index contributed by atoms with van der Waals surface area (Å²) in [6.07, 6.45) is 3.99. The molecule has 1 aliphatic heterocycles. The summed E-state index contributed by atoms with van der Waals surface area (Å²) < 4.78 is 10.8. The van der Waals surface area contributed by atoms with Crippen LogP contribution in [0.5, 0.6) is 0 Å². The topological polar surface area (TPSA) is 106 Å². The zero-order valence-corrected chi connectivity index (χ0v) is 14.9. The zero-order chi connectivity index (χ0) is 18.1. The molecule has 0 saturated carbocycles. The van der Waals surface area contributed by atoms with Gasteiger partial charge in [0.2, 0.25) is 0 Å². The highest BCUT2D eigenvalue weighted by Gasteiger charge is 2.38. The number of nitrogens with one attached hydrogen (secondary N) is 2. The van der Waals surface area contributed by atoms with Crippen LogP contribution in [0.15, 0.2) is 36.3 Å². The lowest BCUT2D eigenvalue weighted by atomic mass is 9.92. The number of aliphatic hydroxyl groups excluding tert-OH is 1. The molecule has 2 unspecified atom stereocenters. The van der Waals surface area contributed by atoms with E-state index in [4.69, 9.17) is 9.47 Å². The third-order valence-corrected chi connectivity index (χ3v) is 4.73. The number of alkyl carbamates (subject to hydrolysis) is 1. The Kier molecular flexibility index (Phi) is 8.13. The second kappa shape index (κ2) is 10.3. The summed E-state index contributed by atoms with van der Waals surface area (Å²) in [6.45, 7) is 4.60. The van der Waals surface area contributed by atoms with Gasteiger partial charge < -0.3 is 25.2 Å². The maximum absolute atomic E-state index is 11.6. The van der Waals surface area contributed by atoms with Gasteiger partial charge in [-0.15, -0.1) is 0 Å². The Balaban J connectivity index is 1.95. The number of ether oxygens (including phenoxy) is 2. The van der Waals surface area contributed by atoms with Crippen molar-refractivity contribution in [3.05, 3.63) is 31.1 Å². The fourth-order valence-corrected chi connectivity index (χ4v) is 3.58. The molecule has 4 atom stereocenters. The monoisotopic (exact) mass is 368 g/mol. The minimum atomic E-state index is -0.662. The Morgan fingerprint density at radius 2 is 2.28 bits per heavy atom. The standard InChI is InChI=1S/C16H24N4O4S/c1-3-7-23-16(22)20-10-12-8-11(9-17-2)13(21)14(24-12)25-15-18-5-4-6-19-15/h3-6,11-14,17,21H,1,7-10H2,2H3,(H,20,22)/t11?,12?,13-,14-/m0/s1. The molecule has 0 aliphatic carbocycles. The van der Waals surface area contributed by atoms with Gasteiger partial charge >= 0.3 is 6.09 Å². The van der Waals surface area contributed by atoms with E-state index in [0.717, 1.165) is 0 Å². The SMILES string of the molecule is C=CCOC(=O)NCC1CC(CNC)[C@H](O)[C@H](Sc2ncccn2)O1. The van der Waals surface area contributed by atoms with Gasteiger partial charge in [0.1, 0.15) is 12.0 Å². The van der Waals surface area contributed by atoms with Gasteiger partial charge in [0.05, 0.1) is 12.2 Å². The Hall–Kier alpha value is -1.68. The van der Waals surface area contributed by atoms with Crippen molar-refractivity contribution in [2.75, 3.05) is 26.7 Å². The number of carbonyl (C=O) groups excluding carboxylic acids is 1. The molecule has 138 valence electrons. The van der Waals surface area contributed by atoms with E-state index >= 15 is 0 Å². The lowest BCUT2D eigenvalue weighted by Crippen LogP contribution is -2.49. The smallest absolute Gasteiger partial charge is 0.407 e. The van der Waals surface area contributed by atoms with Gasteiger partial charge in [0.25, 0.3) is 0 Å². The summed E-state index contributed by atoms with van der Waals surface area (Å²) in [6, 6.07) is 1.73. The van der Waals surface area contributed by atoms with E-state index in [0.29, 0.717) is 24.7 Å². The largest absolute Gasteiger partial charge is 0.445 e. The number of amides is 1. The first-order valence-corrected chi connectivity index (χ1v) is 8.95. The molecule has 25 heavy (non-hydrogen) atoms. The molecule has 2 rings (SSSR count). The summed E-state index contributed by atoms with van der Waals surface area (Å²) >= 11 is 1.27. The van der Waals surface area contributed by atoms with Crippen LogP contribution < -0.4 is 10.6 Å². The number of hydrogen-bond acceptors (Lipinski definition) is 8. The van der Waals surface area contributed by atoms with Gasteiger partial charge in [-0.25, -0.2) is 14.8 Å². The van der Waals surface area contributed by atoms with Crippen molar-refractivity contribution >= 4 is 17.9 Å². The molecule has 1 amide bonds. The molecule has 0 aromatic carbocycles. The van der Waals surface area contributed by atoms with E-state index in [1.54, 1.807) is 18.5 Å². The van der Waals surface area contributed by atoms with Crippen molar-refractivity contribution in [2.45, 2.75) is 29.2 Å². The summed E-state index contributed by atoms with van der Waals surface area (Å²) in [5, 5.41) is 16.9. The zero-order valence-electron chi connectivity index (χ0n) is 14.1. The van der Waals surface area contributed by atoms with Gasteiger partial charge in [0, 0.05) is 31.4 Å². The average molecular weight is 368 g/mol. The maximum atomic E-state index is 11.6. The molecule has 0 radical (unpaired) electrons. The highest BCUT2D eigenvalue weighted by atomic mass is 32.2. The average Bonchev–Trinajstić information content (AvgIpc) is 2.62. The number of rotatable bonds is 8. The lowest BCUT2D eigenvalue weighted by molar-refractivity contribution is -0.103. The molecule has 0 spiro atoms. The molecule has 0 bridgehead atoms. The van der Waals surface area contributed by atoms with E-state index in [9.17, 15) is 9.90 Å². The highest BCUT2D eigenvalue weighted by molar-refractivity contribution is 7.99. The molecule has 1 aromatic heterocycles. The van der Waals surface area contributed by atoms with Gasteiger partial charge in [-0.3, -0.25) is 0 Å². The van der Waals surface area contributed by atoms with E-state index in [2.05, 4.69) is 27.2 Å². The van der Waals surface area contributed by atoms with Gasteiger partial charge in [-0.05, 0) is 19.5 Å². The van der Waals surface area contributed by atoms with E-state index in [1.807, 2.05) is 7.05 Å². The van der Waals surface area contributed by atoms with E-state index in [1.165, 1.54) is 17.8 Å². The van der Waals surface area contributed by atoms with E-state index in [-0.39, 0.29) is 18.6 Å². The molecule has 9 heteroatoms. The van der Waals surface area contributed by atoms with Crippen LogP contribution in [0.4, 0.5) is 4.79 Å². The Labute approximate surface area is 151 Å². The number of thioether (sulfide) groups is 1. The molecule has 1 aliphatic rings. The van der Waals surface area contributed by atoms with Crippen LogP contribution in [-0.2, 0) is 9.47 Å². The minimum absolute atomic E-state index is 0.00374. The fourth-order valence-electron chi connectivity index (χ4n) is 2.55. The summed E-state index contributed by atoms with van der Waals surface area (Å²) in [5.74, 6) is -0.00374. The fraction of sp³-hybridized carbons (Fsp3) is 0.562. The van der Waals surface area contributed by atoms with E-state index < -0.39 is 17.6 Å². The van der Waals surface area contributed by atoms with Gasteiger partial charge in [0.15, 0.2) is 5.16 Å². The maximum Gasteiger partial charge on any atom is 0.407 e. The van der Waals surface area contributed by atoms with Crippen LogP contribution in [0.2, 0.25) is 0 Å². The molecule has 1 aromatic rings. The number of nitrogens with zero attached hydrogens (tertiary/aromatic N) is 2. The van der Waals surface area contributed by atoms with Crippen LogP contribution in [0.3, 0.4) is 0 Å². The van der Waals surface area contributed by atoms with Crippen molar-refractivity contribution in [1.29, 1.82) is 0 Å². The second-order valence-electron chi connectivity index (χ2n) is 5.59. The number of aromatic nitrogens is 2. The highest BCUT2D eigenvalue weighted by Crippen LogP contribution is 2.33. The molecular weight excluding hydrogens is 344 g/mol. The summed E-state index contributed by atoms with van der Waals surface area (Å²) in [5.41, 5.74) is -0.509. The van der Waals surface area contributed by atoms with Crippen molar-refractivity contribution in [2.24, 2.45) is 5.92 Å². The number of hydrogen-bond donors (Lipinski definition) is 3. The molecule has 1 fully saturated rings. The number of aliphatic hydroxyl groups is 1. The summed E-state index contributed by atoms with van der Waals surface area (Å²) in [4.78, 5) is 19.9. The first-order valence-electron chi connectivity index (χ1n) is 8.07. The molecule has 2 heterocycles. The first-order chi connectivity index (χ1) is 12.1. The molecule has 8 nitrogen and oxygen atoms in total. The predicted octanol–water partition coefficient (Wildman–Crippen LogP) is 0.792. The van der Waals surface area contributed by atoms with Crippen LogP contribution in [-0.4, -0.2) is 65.6 Å². The lowest BCUT2D eigenvalue weighted by Gasteiger charge is -2.38. The Bertz CT molecular complexity index is 548. The second-order valence-corrected chi connectivity index (χ2v) is 6.65. The normalized spacial score (nSPS) is 26.0. The van der Waals surface area contributed by atoms with Crippen molar-refractivity contribution in [1.82, 2.24) is 20.6 Å². The van der Waals surface area contributed by atoms with Crippen molar-refractivity contribution < 1.29 is 19.4 Å². The molecule has 3 N–H and O–H groups in total. The Morgan fingerprint density at radius 1 is 1.52 bits per heavy atom. The first kappa shape index (κ1) is 19.6. The Morgan fingerprint density at radius 3 is 2.96 bits per heavy atom. The van der Waals surface area contributed by atoms with Gasteiger partial charge in [-0.2, -0.15) is 0 Å². The van der Waals surface area contributed by atoms with Crippen LogP contribution in [0, 0.1) is 5.92 Å². The van der Waals surface area contributed by atoms with Gasteiger partial charge in [-0.1, -0.05) is 24.4 Å². The van der Waals surface area contributed by atoms with Crippen LogP contribution in [0.25, 0.3) is 0 Å². The summed E-state index contributed by atoms with van der Waals surface area (Å²) in [7, 11) is 1.84. The third-order valence-electron chi connectivity index (χ3n) is 3.69. The number of carbonyl (C=O) groups is 1. The van der Waals surface area contributed by atoms with Crippen LogP contribution >= 0.6 is 11.8 Å². The molecular formula is C16H24N4O4S. The van der Waals surface area contributed by atoms with Crippen molar-refractivity contribution in [3.8, 4) is 0 Å².